The van der Waals surface area contributed by atoms with E-state index in [0.717, 1.165) is 35.1 Å². The van der Waals surface area contributed by atoms with Gasteiger partial charge in [-0.3, -0.25) is 4.79 Å². The summed E-state index contributed by atoms with van der Waals surface area (Å²) in [5.41, 5.74) is 4.14. The molecule has 4 aromatic rings. The first kappa shape index (κ1) is 22.9. The number of anilines is 1. The minimum atomic E-state index is -0.226. The van der Waals surface area contributed by atoms with Gasteiger partial charge in [0.2, 0.25) is 0 Å². The van der Waals surface area contributed by atoms with E-state index in [1.807, 2.05) is 31.4 Å². The van der Waals surface area contributed by atoms with Crippen LogP contribution < -0.4 is 10.6 Å². The molecule has 1 aliphatic heterocycles. The van der Waals surface area contributed by atoms with Crippen molar-refractivity contribution in [1.29, 1.82) is 0 Å². The van der Waals surface area contributed by atoms with Gasteiger partial charge in [-0.05, 0) is 31.0 Å². The predicted molar refractivity (Wildman–Crippen MR) is 133 cm³/mol. The summed E-state index contributed by atoms with van der Waals surface area (Å²) in [6, 6.07) is 5.88. The Kier molecular flexibility index (Phi) is 5.82. The molecule has 2 fully saturated rings. The van der Waals surface area contributed by atoms with E-state index in [0.29, 0.717) is 30.2 Å². The Bertz CT molecular complexity index is 1430. The number of carbonyl (C=O) groups excluding carboxylic acids is 1. The van der Waals surface area contributed by atoms with E-state index in [9.17, 15) is 4.79 Å². The van der Waals surface area contributed by atoms with E-state index in [1.54, 1.807) is 31.1 Å². The molecule has 6 rings (SSSR count). The van der Waals surface area contributed by atoms with Gasteiger partial charge in [-0.15, -0.1) is 0 Å². The number of hydrogen-bond acceptors (Lipinski definition) is 8. The summed E-state index contributed by atoms with van der Waals surface area (Å²) in [4.78, 5) is 22.3. The van der Waals surface area contributed by atoms with E-state index >= 15 is 0 Å². The van der Waals surface area contributed by atoms with Gasteiger partial charge < -0.3 is 29.4 Å². The largest absolute Gasteiger partial charge is 0.385 e. The summed E-state index contributed by atoms with van der Waals surface area (Å²) < 4.78 is 20.5. The van der Waals surface area contributed by atoms with Crippen LogP contribution in [0.2, 0.25) is 0 Å². The number of nitrogens with zero attached hydrogens (tertiary/aromatic N) is 5. The van der Waals surface area contributed by atoms with Crippen LogP contribution in [0.3, 0.4) is 0 Å². The topological polar surface area (TPSA) is 117 Å². The summed E-state index contributed by atoms with van der Waals surface area (Å²) >= 11 is 0. The van der Waals surface area contributed by atoms with Crippen LogP contribution in [0.1, 0.15) is 29.4 Å². The van der Waals surface area contributed by atoms with Crippen LogP contribution in [0.4, 0.5) is 5.69 Å². The van der Waals surface area contributed by atoms with Crippen molar-refractivity contribution >= 4 is 28.3 Å². The highest BCUT2D eigenvalue weighted by atomic mass is 16.5. The van der Waals surface area contributed by atoms with Gasteiger partial charge in [0.05, 0.1) is 49.0 Å². The SMILES string of the molecule is CNc1cc(-c2cn([C@H]3COC[C@@H]3OC)c3ncccc23)nn2c(C(=O)N[C@@H]3CC[C@H]3OC)cnc12. The number of rotatable bonds is 7. The zero-order valence-electron chi connectivity index (χ0n) is 20.5. The molecule has 0 unspecified atom stereocenters. The summed E-state index contributed by atoms with van der Waals surface area (Å²) in [6.45, 7) is 1.08. The zero-order chi connectivity index (χ0) is 24.8. The lowest BCUT2D eigenvalue weighted by molar-refractivity contribution is 0.00718. The highest BCUT2D eigenvalue weighted by Gasteiger charge is 2.34. The third-order valence-corrected chi connectivity index (χ3v) is 7.33. The lowest BCUT2D eigenvalue weighted by atomic mass is 9.89. The summed E-state index contributed by atoms with van der Waals surface area (Å²) in [7, 11) is 5.20. The second-order valence-corrected chi connectivity index (χ2v) is 9.21. The first-order chi connectivity index (χ1) is 17.6. The van der Waals surface area contributed by atoms with E-state index < -0.39 is 0 Å². The molecule has 11 heteroatoms. The molecule has 5 heterocycles. The molecular formula is C25H29N7O4. The molecule has 2 aliphatic rings. The molecule has 0 spiro atoms. The molecule has 0 radical (unpaired) electrons. The highest BCUT2D eigenvalue weighted by molar-refractivity contribution is 5.96. The van der Waals surface area contributed by atoms with Gasteiger partial charge in [0.15, 0.2) is 11.3 Å². The van der Waals surface area contributed by atoms with Crippen LogP contribution in [0.25, 0.3) is 27.9 Å². The number of hydrogen-bond donors (Lipinski definition) is 2. The van der Waals surface area contributed by atoms with Gasteiger partial charge in [0, 0.05) is 44.6 Å². The van der Waals surface area contributed by atoms with Crippen molar-refractivity contribution in [2.75, 3.05) is 39.8 Å². The Morgan fingerprint density at radius 2 is 2.00 bits per heavy atom. The number of imidazole rings is 1. The predicted octanol–water partition coefficient (Wildman–Crippen LogP) is 2.28. The fourth-order valence-electron chi connectivity index (χ4n) is 5.15. The molecule has 4 atom stereocenters. The second kappa shape index (κ2) is 9.16. The van der Waals surface area contributed by atoms with Gasteiger partial charge in [0.1, 0.15) is 11.8 Å². The maximum Gasteiger partial charge on any atom is 0.271 e. The van der Waals surface area contributed by atoms with Crippen molar-refractivity contribution in [3.63, 3.8) is 0 Å². The zero-order valence-corrected chi connectivity index (χ0v) is 20.5. The van der Waals surface area contributed by atoms with E-state index in [2.05, 4.69) is 25.2 Å². The molecule has 1 saturated carbocycles. The Labute approximate surface area is 207 Å². The number of methoxy groups -OCH3 is 2. The summed E-state index contributed by atoms with van der Waals surface area (Å²) in [6.07, 6.45) is 7.19. The number of amides is 1. The first-order valence-corrected chi connectivity index (χ1v) is 12.1. The van der Waals surface area contributed by atoms with Crippen LogP contribution in [-0.2, 0) is 14.2 Å². The standard InChI is InChI=1S/C25H29N7O4/c1-26-18-9-17(30-32-19(10-28-24(18)32)25(33)29-16-6-7-21(16)34-2)15-11-31(20-12-36-13-22(20)35-3)23-14(15)5-4-8-27-23/h4-5,8-11,16,20-22,26H,6-7,12-13H2,1-3H3,(H,29,33)/t16-,20+,21-,22+/m1/s1. The van der Waals surface area contributed by atoms with Crippen LogP contribution in [0.15, 0.2) is 36.8 Å². The van der Waals surface area contributed by atoms with Crippen molar-refractivity contribution in [2.45, 2.75) is 37.1 Å². The van der Waals surface area contributed by atoms with Gasteiger partial charge in [-0.25, -0.2) is 14.5 Å². The van der Waals surface area contributed by atoms with Gasteiger partial charge >= 0.3 is 0 Å². The van der Waals surface area contributed by atoms with Gasteiger partial charge in [-0.2, -0.15) is 5.10 Å². The molecular weight excluding hydrogens is 462 g/mol. The maximum atomic E-state index is 13.2. The van der Waals surface area contributed by atoms with Crippen LogP contribution >= 0.6 is 0 Å². The number of fused-ring (bicyclic) bond motifs is 2. The Hall–Kier alpha value is -3.54. The monoisotopic (exact) mass is 491 g/mol. The van der Waals surface area contributed by atoms with E-state index in [4.69, 9.17) is 19.3 Å². The molecule has 0 bridgehead atoms. The minimum absolute atomic E-state index is 0.000516. The third kappa shape index (κ3) is 3.62. The lowest BCUT2D eigenvalue weighted by Crippen LogP contribution is -2.51. The van der Waals surface area contributed by atoms with Crippen molar-refractivity contribution in [2.24, 2.45) is 0 Å². The van der Waals surface area contributed by atoms with Crippen LogP contribution in [0.5, 0.6) is 0 Å². The Balaban J connectivity index is 1.45. The summed E-state index contributed by atoms with van der Waals surface area (Å²) in [5.74, 6) is -0.226. The molecule has 36 heavy (non-hydrogen) atoms. The third-order valence-electron chi connectivity index (χ3n) is 7.33. The maximum absolute atomic E-state index is 13.2. The van der Waals surface area contributed by atoms with Crippen LogP contribution in [-0.4, -0.2) is 82.8 Å². The minimum Gasteiger partial charge on any atom is -0.385 e. The average Bonchev–Trinajstić information content (AvgIpc) is 3.62. The Morgan fingerprint density at radius 1 is 1.14 bits per heavy atom. The van der Waals surface area contributed by atoms with E-state index in [1.165, 1.54) is 0 Å². The molecule has 1 aliphatic carbocycles. The Morgan fingerprint density at radius 3 is 2.75 bits per heavy atom. The van der Waals surface area contributed by atoms with Crippen molar-refractivity contribution in [3.8, 4) is 11.3 Å². The smallest absolute Gasteiger partial charge is 0.271 e. The first-order valence-electron chi connectivity index (χ1n) is 12.1. The number of pyridine rings is 1. The fraction of sp³-hybridized carbons (Fsp3) is 0.440. The van der Waals surface area contributed by atoms with Gasteiger partial charge in [0.25, 0.3) is 5.91 Å². The highest BCUT2D eigenvalue weighted by Crippen LogP contribution is 2.35. The number of nitrogens with one attached hydrogen (secondary N) is 2. The van der Waals surface area contributed by atoms with Crippen molar-refractivity contribution in [3.05, 3.63) is 42.5 Å². The quantitative estimate of drug-likeness (QED) is 0.405. The molecule has 11 nitrogen and oxygen atoms in total. The molecule has 1 amide bonds. The molecule has 0 aromatic carbocycles. The molecule has 1 saturated heterocycles. The number of carbonyl (C=O) groups is 1. The fourth-order valence-corrected chi connectivity index (χ4v) is 5.15. The van der Waals surface area contributed by atoms with E-state index in [-0.39, 0.29) is 30.2 Å². The molecule has 2 N–H and O–H groups in total. The molecule has 188 valence electrons. The van der Waals surface area contributed by atoms with Crippen molar-refractivity contribution in [1.82, 2.24) is 29.5 Å². The number of ether oxygens (including phenoxy) is 3. The second-order valence-electron chi connectivity index (χ2n) is 9.21. The van der Waals surface area contributed by atoms with Crippen molar-refractivity contribution < 1.29 is 19.0 Å². The number of aromatic nitrogens is 5. The molecule has 4 aromatic heterocycles. The van der Waals surface area contributed by atoms with Crippen LogP contribution in [0, 0.1) is 0 Å². The van der Waals surface area contributed by atoms with Gasteiger partial charge in [-0.1, -0.05) is 0 Å². The lowest BCUT2D eigenvalue weighted by Gasteiger charge is -2.35. The summed E-state index contributed by atoms with van der Waals surface area (Å²) in [5, 5.41) is 12.1. The average molecular weight is 492 g/mol. The normalized spacial score (nSPS) is 23.8.